The number of hydrogen-bond donors (Lipinski definition) is 1. The number of ether oxygens (including phenoxy) is 2. The zero-order valence-corrected chi connectivity index (χ0v) is 51.9. The van der Waals surface area contributed by atoms with Gasteiger partial charge in [0.15, 0.2) is 6.10 Å². The first-order valence-electron chi connectivity index (χ1n) is 34.1. The van der Waals surface area contributed by atoms with Crippen molar-refractivity contribution in [1.82, 2.24) is 0 Å². The largest absolute Gasteiger partial charge is 0.462 e. The van der Waals surface area contributed by atoms with Crippen molar-refractivity contribution in [2.24, 2.45) is 0 Å². The predicted molar refractivity (Wildman–Crippen MR) is 343 cm³/mol. The van der Waals surface area contributed by atoms with E-state index < -0.39 is 6.10 Å². The van der Waals surface area contributed by atoms with Crippen molar-refractivity contribution < 1.29 is 24.2 Å². The molecule has 0 spiro atoms. The van der Waals surface area contributed by atoms with Gasteiger partial charge < -0.3 is 14.6 Å². The quantitative estimate of drug-likeness (QED) is 0.0373. The lowest BCUT2D eigenvalue weighted by Gasteiger charge is -2.15. The van der Waals surface area contributed by atoms with Gasteiger partial charge in [0, 0.05) is 12.8 Å². The van der Waals surface area contributed by atoms with Crippen LogP contribution in [0.2, 0.25) is 0 Å². The fourth-order valence-corrected chi connectivity index (χ4v) is 10.1. The highest BCUT2D eigenvalue weighted by Crippen LogP contribution is 2.18. The molecular weight excluding hydrogens is 957 g/mol. The number of unbranched alkanes of at least 4 members (excludes halogenated alkanes) is 41. The van der Waals surface area contributed by atoms with Crippen LogP contribution in [-0.2, 0) is 19.1 Å². The summed E-state index contributed by atoms with van der Waals surface area (Å²) in [7, 11) is 0. The van der Waals surface area contributed by atoms with Crippen LogP contribution in [-0.4, -0.2) is 36.4 Å². The van der Waals surface area contributed by atoms with Crippen molar-refractivity contribution in [3.05, 3.63) is 85.1 Å². The SMILES string of the molecule is CC/C=C\C/C=C\C/C=C\C/C=C\C/C=C\C/C=C\C/C=C\CCCCCCCC(=O)OC(CO)COC(=O)CCCCCCCCCCCCCCCCCCCCCCCCCCCCCCCCCCCCCCC. The summed E-state index contributed by atoms with van der Waals surface area (Å²) in [6.45, 7) is 4.05. The molecule has 0 aliphatic carbocycles. The summed E-state index contributed by atoms with van der Waals surface area (Å²) in [5.74, 6) is -0.603. The number of carbonyl (C=O) groups is 2. The van der Waals surface area contributed by atoms with Gasteiger partial charge in [0.05, 0.1) is 6.61 Å². The Morgan fingerprint density at radius 1 is 0.308 bits per heavy atom. The summed E-state index contributed by atoms with van der Waals surface area (Å²) in [6.07, 6.45) is 96.2. The average molecular weight is 1090 g/mol. The second kappa shape index (κ2) is 68.4. The Morgan fingerprint density at radius 2 is 0.551 bits per heavy atom. The molecule has 1 unspecified atom stereocenters. The van der Waals surface area contributed by atoms with Crippen LogP contribution in [0.15, 0.2) is 85.1 Å². The Morgan fingerprint density at radius 3 is 0.833 bits per heavy atom. The van der Waals surface area contributed by atoms with Gasteiger partial charge in [0.25, 0.3) is 0 Å². The second-order valence-corrected chi connectivity index (χ2v) is 22.9. The first-order valence-corrected chi connectivity index (χ1v) is 34.1. The van der Waals surface area contributed by atoms with Crippen LogP contribution in [0.25, 0.3) is 0 Å². The zero-order chi connectivity index (χ0) is 56.2. The first kappa shape index (κ1) is 75.1. The van der Waals surface area contributed by atoms with Crippen molar-refractivity contribution in [3.63, 3.8) is 0 Å². The molecule has 452 valence electrons. The Bertz CT molecular complexity index is 1420. The van der Waals surface area contributed by atoms with Gasteiger partial charge in [-0.25, -0.2) is 0 Å². The highest BCUT2D eigenvalue weighted by atomic mass is 16.6. The fourth-order valence-electron chi connectivity index (χ4n) is 10.1. The normalized spacial score (nSPS) is 12.7. The molecule has 0 rings (SSSR count). The smallest absolute Gasteiger partial charge is 0.306 e. The Labute approximate surface area is 486 Å². The lowest BCUT2D eigenvalue weighted by Crippen LogP contribution is -2.28. The third kappa shape index (κ3) is 65.6. The first-order chi connectivity index (χ1) is 38.6. The molecule has 78 heavy (non-hydrogen) atoms. The van der Waals surface area contributed by atoms with E-state index in [9.17, 15) is 14.7 Å². The molecule has 0 aromatic heterocycles. The third-order valence-corrected chi connectivity index (χ3v) is 15.2. The van der Waals surface area contributed by atoms with E-state index in [-0.39, 0.29) is 25.2 Å². The Balaban J connectivity index is 3.45. The summed E-state index contributed by atoms with van der Waals surface area (Å²) in [6, 6.07) is 0. The van der Waals surface area contributed by atoms with Crippen molar-refractivity contribution in [1.29, 1.82) is 0 Å². The van der Waals surface area contributed by atoms with Crippen molar-refractivity contribution in [2.45, 2.75) is 354 Å². The van der Waals surface area contributed by atoms with Gasteiger partial charge in [0.2, 0.25) is 0 Å². The molecule has 0 amide bonds. The van der Waals surface area contributed by atoms with Crippen LogP contribution < -0.4 is 0 Å². The molecule has 0 aliphatic rings. The summed E-state index contributed by atoms with van der Waals surface area (Å²) in [5.41, 5.74) is 0. The van der Waals surface area contributed by atoms with Gasteiger partial charge in [-0.1, -0.05) is 349 Å². The highest BCUT2D eigenvalue weighted by Gasteiger charge is 2.16. The van der Waals surface area contributed by atoms with Crippen LogP contribution in [0.5, 0.6) is 0 Å². The van der Waals surface area contributed by atoms with Gasteiger partial charge in [-0.05, 0) is 70.6 Å². The maximum absolute atomic E-state index is 12.3. The Hall–Kier alpha value is -2.92. The molecule has 0 saturated carbocycles. The number of rotatable bonds is 63. The molecular formula is C73H130O5. The monoisotopic (exact) mass is 1090 g/mol. The van der Waals surface area contributed by atoms with Crippen LogP contribution in [0.4, 0.5) is 0 Å². The maximum Gasteiger partial charge on any atom is 0.306 e. The summed E-state index contributed by atoms with van der Waals surface area (Å²) in [5, 5.41) is 9.69. The lowest BCUT2D eigenvalue weighted by atomic mass is 10.0. The molecule has 0 fully saturated rings. The van der Waals surface area contributed by atoms with E-state index in [2.05, 4.69) is 98.9 Å². The van der Waals surface area contributed by atoms with Crippen LogP contribution >= 0.6 is 0 Å². The molecule has 0 aromatic rings. The summed E-state index contributed by atoms with van der Waals surface area (Å²) < 4.78 is 10.7. The van der Waals surface area contributed by atoms with Gasteiger partial charge in [0.1, 0.15) is 6.61 Å². The van der Waals surface area contributed by atoms with E-state index in [1.807, 2.05) is 0 Å². The van der Waals surface area contributed by atoms with E-state index in [0.29, 0.717) is 12.8 Å². The Kier molecular flexibility index (Phi) is 65.8. The zero-order valence-electron chi connectivity index (χ0n) is 51.9. The molecule has 0 bridgehead atoms. The van der Waals surface area contributed by atoms with Gasteiger partial charge >= 0.3 is 11.9 Å². The predicted octanol–water partition coefficient (Wildman–Crippen LogP) is 23.7. The number of aliphatic hydroxyl groups excluding tert-OH is 1. The molecule has 0 aromatic carbocycles. The lowest BCUT2D eigenvalue weighted by molar-refractivity contribution is -0.161. The minimum absolute atomic E-state index is 0.0750. The van der Waals surface area contributed by atoms with E-state index in [0.717, 1.165) is 103 Å². The molecule has 1 atom stereocenters. The number of esters is 2. The van der Waals surface area contributed by atoms with Gasteiger partial charge in [-0.3, -0.25) is 9.59 Å². The number of allylic oxidation sites excluding steroid dienone is 14. The topological polar surface area (TPSA) is 72.8 Å². The standard InChI is InChI=1S/C73H130O5/c1-3-5-7-9-11-13-15-17-19-21-23-25-27-29-31-32-33-34-35-36-37-38-39-40-42-43-45-47-49-51-53-55-57-59-61-63-65-67-72(75)77-70-71(69-74)78-73(76)68-66-64-62-60-58-56-54-52-50-48-46-44-41-30-28-26-24-22-20-18-16-14-12-10-8-6-4-2/h6,8,12,14,18,20,24,26,30,41,46,48,52,54,71,74H,3-5,7,9-11,13,15-17,19,21-23,25,27-29,31-40,42-45,47,49-51,53,55-70H2,1-2H3/b8-6-,14-12-,20-18-,26-24-,41-30-,48-46-,54-52-. The minimum atomic E-state index is -0.788. The molecule has 1 N–H and O–H groups in total. The minimum Gasteiger partial charge on any atom is -0.462 e. The molecule has 5 heteroatoms. The molecule has 0 radical (unpaired) electrons. The van der Waals surface area contributed by atoms with Crippen molar-refractivity contribution in [2.75, 3.05) is 13.2 Å². The second-order valence-electron chi connectivity index (χ2n) is 22.9. The third-order valence-electron chi connectivity index (χ3n) is 15.2. The molecule has 0 saturated heterocycles. The number of carbonyl (C=O) groups excluding carboxylic acids is 2. The van der Waals surface area contributed by atoms with Crippen LogP contribution in [0.3, 0.4) is 0 Å². The van der Waals surface area contributed by atoms with Gasteiger partial charge in [-0.2, -0.15) is 0 Å². The maximum atomic E-state index is 12.3. The molecule has 0 heterocycles. The van der Waals surface area contributed by atoms with E-state index in [1.54, 1.807) is 0 Å². The molecule has 5 nitrogen and oxygen atoms in total. The van der Waals surface area contributed by atoms with E-state index in [4.69, 9.17) is 9.47 Å². The van der Waals surface area contributed by atoms with Crippen LogP contribution in [0, 0.1) is 0 Å². The van der Waals surface area contributed by atoms with E-state index >= 15 is 0 Å². The fraction of sp³-hybridized carbons (Fsp3) is 0.781. The van der Waals surface area contributed by atoms with Gasteiger partial charge in [-0.15, -0.1) is 0 Å². The molecule has 0 aliphatic heterocycles. The van der Waals surface area contributed by atoms with Crippen molar-refractivity contribution >= 4 is 11.9 Å². The highest BCUT2D eigenvalue weighted by molar-refractivity contribution is 5.70. The average Bonchev–Trinajstić information content (AvgIpc) is 3.44. The van der Waals surface area contributed by atoms with Crippen molar-refractivity contribution in [3.8, 4) is 0 Å². The van der Waals surface area contributed by atoms with E-state index in [1.165, 1.54) is 218 Å². The van der Waals surface area contributed by atoms with Crippen LogP contribution in [0.1, 0.15) is 348 Å². The summed E-state index contributed by atoms with van der Waals surface area (Å²) in [4.78, 5) is 24.6. The number of hydrogen-bond acceptors (Lipinski definition) is 5. The number of aliphatic hydroxyl groups is 1. The summed E-state index contributed by atoms with van der Waals surface area (Å²) >= 11 is 0.